The minimum absolute atomic E-state index is 0.206. The number of aromatic nitrogens is 2. The number of hydrogen-bond acceptors (Lipinski definition) is 6. The molecule has 0 saturated carbocycles. The summed E-state index contributed by atoms with van der Waals surface area (Å²) in [5.41, 5.74) is 3.97. The van der Waals surface area contributed by atoms with Crippen LogP contribution >= 0.6 is 0 Å². The van der Waals surface area contributed by atoms with E-state index in [0.717, 1.165) is 28.3 Å². The molecule has 3 rings (SSSR count). The minimum Gasteiger partial charge on any atom is -0.497 e. The number of methoxy groups -OCH3 is 3. The van der Waals surface area contributed by atoms with E-state index in [0.29, 0.717) is 12.4 Å². The Kier molecular flexibility index (Phi) is 6.45. The van der Waals surface area contributed by atoms with Crippen molar-refractivity contribution in [2.24, 2.45) is 0 Å². The van der Waals surface area contributed by atoms with Crippen LogP contribution in [0.3, 0.4) is 0 Å². The third kappa shape index (κ3) is 4.58. The van der Waals surface area contributed by atoms with E-state index in [2.05, 4.69) is 40.6 Å². The van der Waals surface area contributed by atoms with Crippen molar-refractivity contribution >= 4 is 0 Å². The predicted molar refractivity (Wildman–Crippen MR) is 109 cm³/mol. The van der Waals surface area contributed by atoms with E-state index in [1.165, 1.54) is 5.56 Å². The molecule has 1 atom stereocenters. The second kappa shape index (κ2) is 9.19. The van der Waals surface area contributed by atoms with Crippen LogP contribution in [-0.2, 0) is 6.54 Å². The van der Waals surface area contributed by atoms with E-state index in [1.54, 1.807) is 27.4 Å². The molecule has 0 spiro atoms. The molecule has 0 radical (unpaired) electrons. The van der Waals surface area contributed by atoms with E-state index in [1.807, 2.05) is 30.3 Å². The summed E-state index contributed by atoms with van der Waals surface area (Å²) in [6.07, 6.45) is 0. The van der Waals surface area contributed by atoms with Crippen LogP contribution in [0.15, 0.2) is 54.6 Å². The Bertz CT molecular complexity index is 896. The van der Waals surface area contributed by atoms with Crippen LogP contribution in [0.5, 0.6) is 17.4 Å². The molecule has 1 N–H and O–H groups in total. The lowest BCUT2D eigenvalue weighted by Crippen LogP contribution is -2.18. The number of rotatable bonds is 8. The lowest BCUT2D eigenvalue weighted by molar-refractivity contribution is 0.392. The van der Waals surface area contributed by atoms with Gasteiger partial charge in [0.25, 0.3) is 0 Å². The molecule has 0 fully saturated rings. The molecule has 6 heteroatoms. The van der Waals surface area contributed by atoms with Gasteiger partial charge in [0.2, 0.25) is 5.88 Å². The molecule has 0 aliphatic heterocycles. The summed E-state index contributed by atoms with van der Waals surface area (Å²) in [6.45, 7) is 2.86. The van der Waals surface area contributed by atoms with Crippen LogP contribution in [0.4, 0.5) is 0 Å². The smallest absolute Gasteiger partial charge is 0.233 e. The molecule has 0 aliphatic rings. The summed E-state index contributed by atoms with van der Waals surface area (Å²) >= 11 is 0. The monoisotopic (exact) mass is 379 g/mol. The first-order chi connectivity index (χ1) is 13.6. The predicted octanol–water partition coefficient (Wildman–Crippen LogP) is 4.02. The second-order valence-corrected chi connectivity index (χ2v) is 6.37. The van der Waals surface area contributed by atoms with Crippen molar-refractivity contribution in [3.63, 3.8) is 0 Å². The molecule has 0 unspecified atom stereocenters. The van der Waals surface area contributed by atoms with Gasteiger partial charge in [-0.2, -0.15) is 0 Å². The molecule has 28 heavy (non-hydrogen) atoms. The number of hydrogen-bond donors (Lipinski definition) is 1. The average molecular weight is 379 g/mol. The van der Waals surface area contributed by atoms with Gasteiger partial charge in [-0.3, -0.25) is 0 Å². The van der Waals surface area contributed by atoms with E-state index in [4.69, 9.17) is 14.2 Å². The summed E-state index contributed by atoms with van der Waals surface area (Å²) in [7, 11) is 4.89. The van der Waals surface area contributed by atoms with E-state index in [9.17, 15) is 0 Å². The Morgan fingerprint density at radius 2 is 1.64 bits per heavy atom. The molecule has 3 aromatic rings. The summed E-state index contributed by atoms with van der Waals surface area (Å²) < 4.78 is 15.8. The number of nitrogens with one attached hydrogen (secondary N) is 1. The summed E-state index contributed by atoms with van der Waals surface area (Å²) in [5.74, 6) is 2.09. The fraction of sp³-hybridized carbons (Fsp3) is 0.273. The van der Waals surface area contributed by atoms with Crippen LogP contribution in [0.2, 0.25) is 0 Å². The Morgan fingerprint density at radius 3 is 2.25 bits per heavy atom. The molecule has 6 nitrogen and oxygen atoms in total. The highest BCUT2D eigenvalue weighted by atomic mass is 16.5. The third-order valence-electron chi connectivity index (χ3n) is 4.62. The van der Waals surface area contributed by atoms with Gasteiger partial charge in [0, 0.05) is 24.2 Å². The maximum Gasteiger partial charge on any atom is 0.233 e. The topological polar surface area (TPSA) is 65.5 Å². The van der Waals surface area contributed by atoms with Gasteiger partial charge >= 0.3 is 0 Å². The molecule has 1 heterocycles. The van der Waals surface area contributed by atoms with Gasteiger partial charge in [-0.05, 0) is 48.4 Å². The first-order valence-corrected chi connectivity index (χ1v) is 9.07. The molecule has 0 aliphatic carbocycles. The van der Waals surface area contributed by atoms with Gasteiger partial charge in [0.1, 0.15) is 11.5 Å². The molecular formula is C22H25N3O3. The highest BCUT2D eigenvalue weighted by Gasteiger charge is 2.11. The van der Waals surface area contributed by atoms with Gasteiger partial charge in [0.05, 0.1) is 27.0 Å². The van der Waals surface area contributed by atoms with Crippen molar-refractivity contribution in [2.75, 3.05) is 21.3 Å². The molecule has 1 aromatic heterocycles. The summed E-state index contributed by atoms with van der Waals surface area (Å²) in [5, 5.41) is 11.8. The first-order valence-electron chi connectivity index (χ1n) is 9.07. The summed E-state index contributed by atoms with van der Waals surface area (Å²) in [4.78, 5) is 0. The van der Waals surface area contributed by atoms with E-state index in [-0.39, 0.29) is 6.04 Å². The van der Waals surface area contributed by atoms with Crippen molar-refractivity contribution in [3.8, 4) is 28.6 Å². The maximum atomic E-state index is 5.50. The quantitative estimate of drug-likeness (QED) is 0.638. The fourth-order valence-corrected chi connectivity index (χ4v) is 2.92. The zero-order valence-electron chi connectivity index (χ0n) is 16.6. The lowest BCUT2D eigenvalue weighted by atomic mass is 10.0. The molecular weight excluding hydrogens is 354 g/mol. The van der Waals surface area contributed by atoms with Crippen molar-refractivity contribution in [2.45, 2.75) is 19.5 Å². The first kappa shape index (κ1) is 19.6. The highest BCUT2D eigenvalue weighted by Crippen LogP contribution is 2.30. The number of ether oxygens (including phenoxy) is 3. The fourth-order valence-electron chi connectivity index (χ4n) is 2.92. The van der Waals surface area contributed by atoms with Crippen LogP contribution in [0, 0.1) is 0 Å². The zero-order chi connectivity index (χ0) is 19.9. The van der Waals surface area contributed by atoms with Crippen molar-refractivity contribution in [1.29, 1.82) is 0 Å². The van der Waals surface area contributed by atoms with Crippen LogP contribution in [-0.4, -0.2) is 31.5 Å². The largest absolute Gasteiger partial charge is 0.497 e. The summed E-state index contributed by atoms with van der Waals surface area (Å²) in [6, 6.07) is 18.0. The molecule has 146 valence electrons. The van der Waals surface area contributed by atoms with Gasteiger partial charge in [-0.1, -0.05) is 18.2 Å². The molecule has 2 aromatic carbocycles. The van der Waals surface area contributed by atoms with Gasteiger partial charge in [0.15, 0.2) is 0 Å². The van der Waals surface area contributed by atoms with Gasteiger partial charge < -0.3 is 19.5 Å². The minimum atomic E-state index is 0.206. The highest BCUT2D eigenvalue weighted by molar-refractivity contribution is 5.67. The van der Waals surface area contributed by atoms with Crippen LogP contribution < -0.4 is 19.5 Å². The Balaban J connectivity index is 1.74. The van der Waals surface area contributed by atoms with E-state index < -0.39 is 0 Å². The second-order valence-electron chi connectivity index (χ2n) is 6.37. The maximum absolute atomic E-state index is 5.50. The van der Waals surface area contributed by atoms with Gasteiger partial charge in [-0.15, -0.1) is 10.2 Å². The molecule has 0 bridgehead atoms. The number of benzene rings is 2. The molecule has 0 saturated heterocycles. The number of nitrogens with zero attached hydrogens (tertiary/aromatic N) is 2. The van der Waals surface area contributed by atoms with Gasteiger partial charge in [-0.25, -0.2) is 0 Å². The van der Waals surface area contributed by atoms with E-state index >= 15 is 0 Å². The standard InChI is InChI=1S/C22H25N3O3/c1-15(17-6-8-18(26-2)9-7-17)23-14-16-5-11-21(27-3)19(13-16)20-10-12-22(28-4)25-24-20/h5-13,15,23H,14H2,1-4H3/t15-/m1/s1. The third-order valence-corrected chi connectivity index (χ3v) is 4.62. The SMILES string of the molecule is COc1ccc([C@@H](C)NCc2ccc(OC)c(-c3ccc(OC)nn3)c2)cc1. The van der Waals surface area contributed by atoms with Crippen molar-refractivity contribution < 1.29 is 14.2 Å². The van der Waals surface area contributed by atoms with Crippen molar-refractivity contribution in [1.82, 2.24) is 15.5 Å². The normalized spacial score (nSPS) is 11.7. The Hall–Kier alpha value is -3.12. The Labute approximate surface area is 165 Å². The van der Waals surface area contributed by atoms with Crippen molar-refractivity contribution in [3.05, 3.63) is 65.7 Å². The zero-order valence-corrected chi connectivity index (χ0v) is 16.6. The van der Waals surface area contributed by atoms with Crippen LogP contribution in [0.1, 0.15) is 24.1 Å². The Morgan fingerprint density at radius 1 is 0.857 bits per heavy atom. The van der Waals surface area contributed by atoms with Crippen LogP contribution in [0.25, 0.3) is 11.3 Å². The average Bonchev–Trinajstić information content (AvgIpc) is 2.77. The lowest BCUT2D eigenvalue weighted by Gasteiger charge is -2.16. The molecule has 0 amide bonds.